The average Bonchev–Trinajstić information content (AvgIpc) is 4.26. The van der Waals surface area contributed by atoms with Gasteiger partial charge in [-0.1, -0.05) is 11.6 Å². The molecule has 0 aliphatic carbocycles. The molecule has 5 aromatic carbocycles. The molecule has 14 nitrogen and oxygen atoms in total. The van der Waals surface area contributed by atoms with Gasteiger partial charge in [0.15, 0.2) is 0 Å². The van der Waals surface area contributed by atoms with Gasteiger partial charge in [0, 0.05) is 191 Å². The van der Waals surface area contributed by atoms with Crippen molar-refractivity contribution < 1.29 is 120 Å². The number of aliphatic hydroxyl groups is 2. The molecule has 10 rings (SSSR count). The van der Waals surface area contributed by atoms with Crippen molar-refractivity contribution >= 4 is 5.69 Å². The van der Waals surface area contributed by atoms with Gasteiger partial charge in [0.2, 0.25) is 5.95 Å². The zero-order chi connectivity index (χ0) is 50.9. The van der Waals surface area contributed by atoms with Crippen LogP contribution in [0.25, 0.3) is 56.9 Å². The Hall–Kier alpha value is -5.15. The molecule has 0 aliphatic heterocycles. The molecule has 0 amide bonds. The number of benzene rings is 5. The van der Waals surface area contributed by atoms with Crippen LogP contribution in [0.4, 0.5) is 10.1 Å². The minimum atomic E-state index is -0.341. The first-order valence-electron chi connectivity index (χ1n) is 22.4. The molecule has 2 N–H and O–H groups in total. The summed E-state index contributed by atoms with van der Waals surface area (Å²) in [5, 5.41) is 18.3. The van der Waals surface area contributed by atoms with Gasteiger partial charge in [-0.25, -0.2) is 0 Å². The van der Waals surface area contributed by atoms with Crippen LogP contribution in [0.5, 0.6) is 5.75 Å². The van der Waals surface area contributed by atoms with Gasteiger partial charge in [0.05, 0.1) is 54.7 Å². The van der Waals surface area contributed by atoms with Gasteiger partial charge in [-0.3, -0.25) is 24.9 Å². The molecule has 0 bridgehead atoms. The van der Waals surface area contributed by atoms with E-state index in [9.17, 15) is 9.50 Å². The second-order valence-electron chi connectivity index (χ2n) is 16.0. The summed E-state index contributed by atoms with van der Waals surface area (Å²) in [7, 11) is 15.0. The largest absolute Gasteiger partial charge is 0.540 e. The first kappa shape index (κ1) is 68.9. The summed E-state index contributed by atoms with van der Waals surface area (Å²) in [6, 6.07) is 48.1. The number of aliphatic hydroxyl groups excluding tert-OH is 2. The van der Waals surface area contributed by atoms with Crippen molar-refractivity contribution in [3.8, 4) is 62.7 Å². The summed E-state index contributed by atoms with van der Waals surface area (Å²) in [6.07, 6.45) is 12.1. The van der Waals surface area contributed by atoms with Gasteiger partial charge < -0.3 is 42.7 Å². The van der Waals surface area contributed by atoms with Crippen molar-refractivity contribution in [2.24, 2.45) is 35.2 Å². The molecule has 5 heterocycles. The predicted octanol–water partition coefficient (Wildman–Crippen LogP) is 8.93. The SMILES string of the molecule is CN(C)c1c[c-]c(-c2nccn2C)cc1.COc1c[c-]c(-c2nccn2C)c(CO)c1.Cc1cnc(-c2[c-]cccc2)n1C.Cn1c(CO)cnc1-c1[c-]cccc1.Cn1c(F)cnc1-c1[c-]cccc1.[Ir].[Ir].[Ir].[Ir].[Ir]. The maximum absolute atomic E-state index is 12.9. The van der Waals surface area contributed by atoms with Crippen LogP contribution in [-0.4, -0.2) is 79.2 Å². The van der Waals surface area contributed by atoms with Crippen LogP contribution in [-0.2, 0) is 149 Å². The van der Waals surface area contributed by atoms with Crippen molar-refractivity contribution in [3.63, 3.8) is 0 Å². The number of halogens is 1. The van der Waals surface area contributed by atoms with Crippen LogP contribution in [0.3, 0.4) is 0 Å². The zero-order valence-corrected chi connectivity index (χ0v) is 55.0. The van der Waals surface area contributed by atoms with Crippen molar-refractivity contribution in [3.05, 3.63) is 200 Å². The molecule has 10 aromatic rings. The van der Waals surface area contributed by atoms with Crippen LogP contribution < -0.4 is 9.64 Å². The van der Waals surface area contributed by atoms with E-state index in [1.54, 1.807) is 50.9 Å². The average molecular weight is 1910 g/mol. The molecule has 0 atom stereocenters. The number of rotatable bonds is 9. The summed E-state index contributed by atoms with van der Waals surface area (Å²) in [4.78, 5) is 23.1. The molecule has 0 fully saturated rings. The molecule has 76 heavy (non-hydrogen) atoms. The smallest absolute Gasteiger partial charge is 0.204 e. The van der Waals surface area contributed by atoms with E-state index in [2.05, 4.69) is 70.8 Å². The molecule has 0 spiro atoms. The fourth-order valence-corrected chi connectivity index (χ4v) is 6.86. The molecule has 0 unspecified atom stereocenters. The third-order valence-electron chi connectivity index (χ3n) is 11.1. The molecule has 5 aromatic heterocycles. The predicted molar refractivity (Wildman–Crippen MR) is 275 cm³/mol. The van der Waals surface area contributed by atoms with Crippen LogP contribution in [0.2, 0.25) is 0 Å². The Bertz CT molecular complexity index is 3100. The number of hydrogen-bond acceptors (Lipinski definition) is 9. The number of anilines is 1. The zero-order valence-electron chi connectivity index (χ0n) is 43.0. The molecule has 0 aliphatic rings. The van der Waals surface area contributed by atoms with E-state index in [0.29, 0.717) is 11.6 Å². The number of methoxy groups -OCH3 is 1. The summed E-state index contributed by atoms with van der Waals surface area (Å²) >= 11 is 0. The molecular formula is C56H57FIr5N11O3-5. The Morgan fingerprint density at radius 2 is 1.05 bits per heavy atom. The summed E-state index contributed by atoms with van der Waals surface area (Å²) in [6.45, 7) is 1.99. The van der Waals surface area contributed by atoms with Crippen molar-refractivity contribution in [2.45, 2.75) is 20.1 Å². The third-order valence-corrected chi connectivity index (χ3v) is 11.1. The number of imidazole rings is 5. The van der Waals surface area contributed by atoms with Crippen LogP contribution >= 0.6 is 0 Å². The van der Waals surface area contributed by atoms with E-state index in [4.69, 9.17) is 9.84 Å². The van der Waals surface area contributed by atoms with Crippen molar-refractivity contribution in [1.82, 2.24) is 47.8 Å². The second-order valence-corrected chi connectivity index (χ2v) is 16.0. The standard InChI is InChI=1S/C12H14N3.C12H13N2O2.C11H11N2O.C11H11N2.C10H8FN2.5Ir/c1-14(2)11-6-4-10(5-7-11)12-13-8-9-15(12)3;1-14-6-5-13-12(14)11-4-3-10(16-2)7-9(11)8-15;1-13-10(8-14)7-12-11(13)9-5-3-2-4-6-9;1-9-8-12-11(13(9)2)10-6-4-3-5-7-10;1-13-9(11)7-12-10(13)8-5-3-2-4-6-8;;;;;/h4,6-9H,1-3H3;3,5-7,15H,8H2,1-2H3;2-5,7,14H,8H2,1H3;3-6,8H,1-2H3;2-5,7H,1H3;;;;;/q5*-1;;;;;. The van der Waals surface area contributed by atoms with Crippen LogP contribution in [0.15, 0.2) is 147 Å². The fraction of sp³-hybridized carbons (Fsp3) is 0.196. The van der Waals surface area contributed by atoms with Crippen molar-refractivity contribution in [1.29, 1.82) is 0 Å². The van der Waals surface area contributed by atoms with E-state index in [-0.39, 0.29) is 120 Å². The van der Waals surface area contributed by atoms with E-state index in [1.165, 1.54) is 10.8 Å². The number of aryl methyl sites for hydroxylation is 3. The van der Waals surface area contributed by atoms with E-state index >= 15 is 0 Å². The third kappa shape index (κ3) is 18.5. The minimum Gasteiger partial charge on any atom is -0.540 e. The molecule has 0 saturated heterocycles. The van der Waals surface area contributed by atoms with Crippen LogP contribution in [0, 0.1) is 43.2 Å². The quantitative estimate of drug-likeness (QED) is 0.136. The summed E-state index contributed by atoms with van der Waals surface area (Å²) < 4.78 is 27.2. The van der Waals surface area contributed by atoms with Gasteiger partial charge in [-0.15, -0.1) is 155 Å². The fourth-order valence-electron chi connectivity index (χ4n) is 6.86. The number of nitrogens with zero attached hydrogens (tertiary/aromatic N) is 11. The first-order chi connectivity index (χ1) is 34.3. The molecule has 411 valence electrons. The van der Waals surface area contributed by atoms with Gasteiger partial charge in [0.1, 0.15) is 0 Å². The normalized spacial score (nSPS) is 9.68. The van der Waals surface area contributed by atoms with Gasteiger partial charge in [-0.05, 0) is 26.7 Å². The van der Waals surface area contributed by atoms with E-state index < -0.39 is 0 Å². The topological polar surface area (TPSA) is 142 Å². The number of hydrogen-bond donors (Lipinski definition) is 2. The second kappa shape index (κ2) is 34.6. The molecule has 0 saturated carbocycles. The van der Waals surface area contributed by atoms with E-state index in [0.717, 1.165) is 73.8 Å². The Kier molecular flexibility index (Phi) is 31.3. The molecule has 20 heteroatoms. The summed E-state index contributed by atoms with van der Waals surface area (Å²) in [5.74, 6) is 4.46. The monoisotopic (exact) mass is 1920 g/mol. The van der Waals surface area contributed by atoms with E-state index in [1.807, 2.05) is 160 Å². The minimum absolute atomic E-state index is 0. The Labute approximate surface area is 512 Å². The maximum Gasteiger partial charge on any atom is 0.204 e. The van der Waals surface area contributed by atoms with Gasteiger partial charge >= 0.3 is 0 Å². The van der Waals surface area contributed by atoms with Crippen molar-refractivity contribution in [2.75, 3.05) is 26.1 Å². The molecule has 5 radical (unpaired) electrons. The maximum atomic E-state index is 12.9. The van der Waals surface area contributed by atoms with Gasteiger partial charge in [0.25, 0.3) is 0 Å². The summed E-state index contributed by atoms with van der Waals surface area (Å²) in [5.41, 5.74) is 8.47. The number of aromatic nitrogens is 10. The Balaban J connectivity index is 0.000000468. The first-order valence-corrected chi connectivity index (χ1v) is 22.4. The van der Waals surface area contributed by atoms with Gasteiger partial charge in [-0.2, -0.15) is 4.39 Å². The Morgan fingerprint density at radius 1 is 0.553 bits per heavy atom. The molecular weight excluding hydrogens is 1850 g/mol. The number of ether oxygens (including phenoxy) is 1. The Morgan fingerprint density at radius 3 is 1.43 bits per heavy atom. The van der Waals surface area contributed by atoms with Crippen LogP contribution in [0.1, 0.15) is 17.0 Å².